The van der Waals surface area contributed by atoms with Crippen molar-refractivity contribution in [2.75, 3.05) is 19.7 Å². The average Bonchev–Trinajstić information content (AvgIpc) is 2.62. The Balaban J connectivity index is 4.96. The molecule has 0 aliphatic heterocycles. The number of nitrogens with one attached hydrogen (secondary N) is 3. The first-order chi connectivity index (χ1) is 13.1. The number of carbonyl (C=O) groups is 5. The summed E-state index contributed by atoms with van der Waals surface area (Å²) in [6, 6.07) is -4.02. The summed E-state index contributed by atoms with van der Waals surface area (Å²) < 4.78 is 0. The van der Waals surface area contributed by atoms with E-state index < -0.39 is 67.4 Å². The largest absolute Gasteiger partial charge is 0.481 e. The Morgan fingerprint density at radius 2 is 1.46 bits per heavy atom. The lowest BCUT2D eigenvalue weighted by atomic mass is 10.1. The Kier molecular flexibility index (Phi) is 12.1. The highest BCUT2D eigenvalue weighted by Crippen LogP contribution is 2.02. The number of unbranched alkanes of at least 4 members (excludes halogenated alkanes) is 1. The molecule has 0 heterocycles. The van der Waals surface area contributed by atoms with Gasteiger partial charge in [-0.25, -0.2) is 0 Å². The number of carboxylic acid groups (broad SMARTS) is 2. The van der Waals surface area contributed by atoms with Crippen molar-refractivity contribution in [2.24, 2.45) is 11.5 Å². The van der Waals surface area contributed by atoms with Crippen LogP contribution in [0.3, 0.4) is 0 Å². The molecule has 13 nitrogen and oxygen atoms in total. The zero-order valence-corrected chi connectivity index (χ0v) is 15.2. The third-order valence-electron chi connectivity index (χ3n) is 3.54. The minimum absolute atomic E-state index is 0.152. The van der Waals surface area contributed by atoms with Crippen LogP contribution in [0.5, 0.6) is 0 Å². The lowest BCUT2D eigenvalue weighted by molar-refractivity contribution is -0.140. The maximum absolute atomic E-state index is 12.3. The van der Waals surface area contributed by atoms with Crippen molar-refractivity contribution in [2.45, 2.75) is 43.8 Å². The van der Waals surface area contributed by atoms with Crippen molar-refractivity contribution in [1.29, 1.82) is 0 Å². The minimum atomic E-state index is -1.48. The van der Waals surface area contributed by atoms with Gasteiger partial charge in [0.2, 0.25) is 17.7 Å². The number of hydrogen-bond donors (Lipinski definition) is 8. The van der Waals surface area contributed by atoms with Gasteiger partial charge in [-0.15, -0.1) is 0 Å². The van der Waals surface area contributed by atoms with Crippen molar-refractivity contribution in [3.63, 3.8) is 0 Å². The van der Waals surface area contributed by atoms with Gasteiger partial charge in [0, 0.05) is 0 Å². The molecule has 0 spiro atoms. The second-order valence-corrected chi connectivity index (χ2v) is 5.91. The predicted octanol–water partition coefficient (Wildman–Crippen LogP) is -3.92. The minimum Gasteiger partial charge on any atom is -0.481 e. The van der Waals surface area contributed by atoms with Gasteiger partial charge in [-0.3, -0.25) is 24.0 Å². The van der Waals surface area contributed by atoms with Crippen molar-refractivity contribution in [1.82, 2.24) is 16.0 Å². The number of aliphatic carboxylic acids is 2. The van der Waals surface area contributed by atoms with Crippen LogP contribution in [0.25, 0.3) is 0 Å². The summed E-state index contributed by atoms with van der Waals surface area (Å²) in [5.41, 5.74) is 10.8. The zero-order chi connectivity index (χ0) is 21.7. The fourth-order valence-corrected chi connectivity index (χ4v) is 2.07. The summed E-state index contributed by atoms with van der Waals surface area (Å²) in [5.74, 6) is -5.22. The van der Waals surface area contributed by atoms with Gasteiger partial charge in [0.05, 0.1) is 19.1 Å². The lowest BCUT2D eigenvalue weighted by Crippen LogP contribution is -2.57. The number of hydrogen-bond acceptors (Lipinski definition) is 8. The predicted molar refractivity (Wildman–Crippen MR) is 94.7 cm³/mol. The van der Waals surface area contributed by atoms with Crippen molar-refractivity contribution in [3.8, 4) is 0 Å². The van der Waals surface area contributed by atoms with E-state index in [-0.39, 0.29) is 6.42 Å². The van der Waals surface area contributed by atoms with Crippen LogP contribution in [0, 0.1) is 0 Å². The SMILES string of the molecule is NCCCCC(NC(=O)C(CO)NC(=O)C(N)CC(=O)O)C(=O)NCC(=O)O. The van der Waals surface area contributed by atoms with E-state index in [0.29, 0.717) is 19.4 Å². The van der Waals surface area contributed by atoms with Crippen LogP contribution < -0.4 is 27.4 Å². The molecule has 0 aromatic carbocycles. The Hall–Kier alpha value is -2.77. The van der Waals surface area contributed by atoms with E-state index in [1.807, 2.05) is 0 Å². The zero-order valence-electron chi connectivity index (χ0n) is 15.2. The van der Waals surface area contributed by atoms with E-state index in [1.165, 1.54) is 0 Å². The smallest absolute Gasteiger partial charge is 0.322 e. The Labute approximate surface area is 160 Å². The number of amides is 3. The van der Waals surface area contributed by atoms with Crippen LogP contribution in [0.15, 0.2) is 0 Å². The van der Waals surface area contributed by atoms with E-state index in [1.54, 1.807) is 0 Å². The van der Waals surface area contributed by atoms with Crippen molar-refractivity contribution in [3.05, 3.63) is 0 Å². The van der Waals surface area contributed by atoms with E-state index in [0.717, 1.165) is 0 Å². The molecule has 0 saturated carbocycles. The number of aliphatic hydroxyl groups is 1. The lowest BCUT2D eigenvalue weighted by Gasteiger charge is -2.22. The first kappa shape index (κ1) is 25.2. The monoisotopic (exact) mass is 405 g/mol. The molecule has 0 aromatic heterocycles. The van der Waals surface area contributed by atoms with Gasteiger partial charge in [0.15, 0.2) is 0 Å². The van der Waals surface area contributed by atoms with Gasteiger partial charge < -0.3 is 42.7 Å². The number of aliphatic hydroxyl groups excluding tert-OH is 1. The molecule has 3 unspecified atom stereocenters. The van der Waals surface area contributed by atoms with Gasteiger partial charge in [-0.1, -0.05) is 0 Å². The molecule has 0 saturated heterocycles. The van der Waals surface area contributed by atoms with Gasteiger partial charge in [0.25, 0.3) is 0 Å². The van der Waals surface area contributed by atoms with Crippen molar-refractivity contribution < 1.29 is 39.3 Å². The average molecular weight is 405 g/mol. The quantitative estimate of drug-likeness (QED) is 0.131. The van der Waals surface area contributed by atoms with Crippen molar-refractivity contribution >= 4 is 29.7 Å². The van der Waals surface area contributed by atoms with E-state index in [4.69, 9.17) is 21.7 Å². The van der Waals surface area contributed by atoms with E-state index in [2.05, 4.69) is 16.0 Å². The summed E-state index contributed by atoms with van der Waals surface area (Å²) in [6.07, 6.45) is 0.494. The molecule has 0 aliphatic carbocycles. The highest BCUT2D eigenvalue weighted by molar-refractivity contribution is 5.94. The molecule has 160 valence electrons. The topological polar surface area (TPSA) is 234 Å². The van der Waals surface area contributed by atoms with Crippen LogP contribution in [0.2, 0.25) is 0 Å². The first-order valence-electron chi connectivity index (χ1n) is 8.50. The van der Waals surface area contributed by atoms with Crippen LogP contribution in [-0.2, 0) is 24.0 Å². The van der Waals surface area contributed by atoms with E-state index >= 15 is 0 Å². The molecule has 10 N–H and O–H groups in total. The molecule has 0 fully saturated rings. The maximum Gasteiger partial charge on any atom is 0.322 e. The van der Waals surface area contributed by atoms with Gasteiger partial charge in [0.1, 0.15) is 18.6 Å². The number of carboxylic acids is 2. The molecule has 0 aromatic rings. The first-order valence-corrected chi connectivity index (χ1v) is 8.50. The normalized spacial score (nSPS) is 13.7. The molecular weight excluding hydrogens is 378 g/mol. The van der Waals surface area contributed by atoms with Crippen LogP contribution in [-0.4, -0.2) is 82.8 Å². The molecular formula is C15H27N5O8. The fraction of sp³-hybridized carbons (Fsp3) is 0.667. The number of rotatable bonds is 14. The fourth-order valence-electron chi connectivity index (χ4n) is 2.07. The third-order valence-corrected chi connectivity index (χ3v) is 3.54. The molecule has 0 bridgehead atoms. The molecule has 13 heteroatoms. The molecule has 0 aliphatic rings. The summed E-state index contributed by atoms with van der Waals surface area (Å²) in [7, 11) is 0. The summed E-state index contributed by atoms with van der Waals surface area (Å²) in [5, 5.41) is 33.1. The van der Waals surface area contributed by atoms with Gasteiger partial charge in [-0.2, -0.15) is 0 Å². The molecule has 0 rings (SSSR count). The second kappa shape index (κ2) is 13.4. The second-order valence-electron chi connectivity index (χ2n) is 5.91. The standard InChI is InChI=1S/C15H27N5O8/c16-4-2-1-3-9(14(27)18-6-12(24)25)19-15(28)10(7-21)20-13(26)8(17)5-11(22)23/h8-10,21H,1-7,16-17H2,(H,18,27)(H,19,28)(H,20,26)(H,22,23)(H,24,25). The van der Waals surface area contributed by atoms with Gasteiger partial charge >= 0.3 is 11.9 Å². The third kappa shape index (κ3) is 10.4. The van der Waals surface area contributed by atoms with Crippen LogP contribution >= 0.6 is 0 Å². The Morgan fingerprint density at radius 1 is 0.857 bits per heavy atom. The van der Waals surface area contributed by atoms with Gasteiger partial charge in [-0.05, 0) is 25.8 Å². The number of nitrogens with two attached hydrogens (primary N) is 2. The van der Waals surface area contributed by atoms with E-state index in [9.17, 15) is 29.1 Å². The Bertz CT molecular complexity index is 571. The summed E-state index contributed by atoms with van der Waals surface area (Å²) in [6.45, 7) is -1.12. The highest BCUT2D eigenvalue weighted by Gasteiger charge is 2.28. The molecule has 3 atom stereocenters. The van der Waals surface area contributed by atoms with Crippen LogP contribution in [0.1, 0.15) is 25.7 Å². The maximum atomic E-state index is 12.3. The molecule has 3 amide bonds. The summed E-state index contributed by atoms with van der Waals surface area (Å²) >= 11 is 0. The number of carbonyl (C=O) groups excluding carboxylic acids is 3. The molecule has 0 radical (unpaired) electrons. The highest BCUT2D eigenvalue weighted by atomic mass is 16.4. The van der Waals surface area contributed by atoms with Crippen LogP contribution in [0.4, 0.5) is 0 Å². The summed E-state index contributed by atoms with van der Waals surface area (Å²) in [4.78, 5) is 57.3. The molecule has 28 heavy (non-hydrogen) atoms. The Morgan fingerprint density at radius 3 is 1.96 bits per heavy atom.